The van der Waals surface area contributed by atoms with Crippen molar-refractivity contribution in [1.29, 1.82) is 0 Å². The second-order valence-electron chi connectivity index (χ2n) is 10.4. The van der Waals surface area contributed by atoms with Gasteiger partial charge in [0.15, 0.2) is 11.5 Å². The van der Waals surface area contributed by atoms with Gasteiger partial charge in [-0.05, 0) is 61.0 Å². The molecule has 9 nitrogen and oxygen atoms in total. The molecule has 0 radical (unpaired) electrons. The molecular formula is C31H36N4O5S. The summed E-state index contributed by atoms with van der Waals surface area (Å²) in [5.74, 6) is 1.02. The van der Waals surface area contributed by atoms with Crippen LogP contribution < -0.4 is 14.2 Å². The van der Waals surface area contributed by atoms with Gasteiger partial charge in [0.25, 0.3) is 15.9 Å². The predicted molar refractivity (Wildman–Crippen MR) is 161 cm³/mol. The number of hydrogen-bond acceptors (Lipinski definition) is 7. The van der Waals surface area contributed by atoms with E-state index in [0.29, 0.717) is 40.7 Å². The lowest BCUT2D eigenvalue weighted by Gasteiger charge is -2.35. The fraction of sp³-hybridized carbons (Fsp3) is 0.355. The highest BCUT2D eigenvalue weighted by Crippen LogP contribution is 2.36. The normalized spacial score (nSPS) is 22.5. The van der Waals surface area contributed by atoms with Crippen molar-refractivity contribution >= 4 is 27.8 Å². The Morgan fingerprint density at radius 3 is 2.39 bits per heavy atom. The number of nitrogens with zero attached hydrogens (tertiary/aromatic N) is 3. The fourth-order valence-electron chi connectivity index (χ4n) is 5.59. The van der Waals surface area contributed by atoms with Crippen LogP contribution in [0.1, 0.15) is 22.8 Å². The van der Waals surface area contributed by atoms with Gasteiger partial charge in [0.1, 0.15) is 0 Å². The molecule has 0 saturated carbocycles. The minimum atomic E-state index is -3.81. The van der Waals surface area contributed by atoms with Crippen LogP contribution in [0.25, 0.3) is 0 Å². The highest BCUT2D eigenvalue weighted by Gasteiger charge is 2.36. The Morgan fingerprint density at radius 1 is 0.976 bits per heavy atom. The number of methoxy groups -OCH3 is 2. The number of nitrogens with one attached hydrogen (secondary N) is 1. The van der Waals surface area contributed by atoms with Gasteiger partial charge >= 0.3 is 0 Å². The number of allylic oxidation sites excluding steroid dienone is 5. The summed E-state index contributed by atoms with van der Waals surface area (Å²) in [6.45, 7) is 5.41. The number of hydrogen-bond donors (Lipinski definition) is 1. The molecule has 2 aliphatic heterocycles. The maximum atomic E-state index is 13.4. The van der Waals surface area contributed by atoms with Crippen LogP contribution in [0.15, 0.2) is 82.7 Å². The molecule has 1 aliphatic carbocycles. The predicted octanol–water partition coefficient (Wildman–Crippen LogP) is 4.12. The zero-order chi connectivity index (χ0) is 29.0. The third-order valence-electron chi connectivity index (χ3n) is 7.81. The molecule has 0 bridgehead atoms. The van der Waals surface area contributed by atoms with Crippen molar-refractivity contribution in [3.05, 3.63) is 88.9 Å². The van der Waals surface area contributed by atoms with Crippen LogP contribution in [0.5, 0.6) is 11.5 Å². The van der Waals surface area contributed by atoms with Gasteiger partial charge in [0.05, 0.1) is 25.2 Å². The van der Waals surface area contributed by atoms with E-state index in [1.165, 1.54) is 0 Å². The van der Waals surface area contributed by atoms with Crippen LogP contribution in [-0.4, -0.2) is 76.8 Å². The summed E-state index contributed by atoms with van der Waals surface area (Å²) >= 11 is 0. The lowest BCUT2D eigenvalue weighted by molar-refractivity contribution is 0.0628. The van der Waals surface area contributed by atoms with Gasteiger partial charge in [0.2, 0.25) is 0 Å². The Hall–Kier alpha value is -3.89. The number of piperazine rings is 1. The minimum Gasteiger partial charge on any atom is -0.493 e. The van der Waals surface area contributed by atoms with E-state index in [0.717, 1.165) is 25.2 Å². The first-order valence-corrected chi connectivity index (χ1v) is 15.2. The van der Waals surface area contributed by atoms with Crippen molar-refractivity contribution < 1.29 is 22.7 Å². The van der Waals surface area contributed by atoms with Crippen LogP contribution in [0, 0.1) is 11.8 Å². The molecule has 1 amide bonds. The van der Waals surface area contributed by atoms with Gasteiger partial charge in [-0.25, -0.2) is 8.42 Å². The van der Waals surface area contributed by atoms with E-state index in [1.54, 1.807) is 56.9 Å². The second kappa shape index (κ2) is 12.3. The maximum absolute atomic E-state index is 13.4. The standard InChI is InChI=1S/C31H36N4O5S/c1-22-30-24(7-5-15-32-22)6-4-8-29(30)41(37,38)33-26-12-10-25(11-13-26)31(36)35-18-16-34(17-19-35)21-23-9-14-27(39-2)28(20-23)40-3/h4-15,20,22,24,30,33H,16-19,21H2,1-3H3/t22-,24?,30?/m1/s1. The number of sulfonamides is 1. The van der Waals surface area contributed by atoms with E-state index in [4.69, 9.17) is 9.47 Å². The van der Waals surface area contributed by atoms with Gasteiger partial charge in [-0.3, -0.25) is 19.4 Å². The highest BCUT2D eigenvalue weighted by molar-refractivity contribution is 7.96. The summed E-state index contributed by atoms with van der Waals surface area (Å²) in [4.78, 5) is 22.1. The van der Waals surface area contributed by atoms with Crippen LogP contribution in [0.4, 0.5) is 5.69 Å². The number of rotatable bonds is 8. The monoisotopic (exact) mass is 576 g/mol. The molecule has 0 aromatic heterocycles. The Kier molecular flexibility index (Phi) is 8.60. The largest absolute Gasteiger partial charge is 0.493 e. The van der Waals surface area contributed by atoms with Gasteiger partial charge in [0, 0.05) is 62.0 Å². The molecule has 2 aromatic carbocycles. The molecule has 216 valence electrons. The van der Waals surface area contributed by atoms with E-state index in [-0.39, 0.29) is 23.8 Å². The van der Waals surface area contributed by atoms with Crippen LogP contribution in [0.3, 0.4) is 0 Å². The molecule has 3 aliphatic rings. The SMILES string of the molecule is COc1ccc(CN2CCN(C(=O)c3ccc(NS(=O)(=O)C4=CC=CC5C=CC=N[C@H](C)C45)cc3)CC2)cc1OC. The van der Waals surface area contributed by atoms with E-state index < -0.39 is 10.0 Å². The number of ether oxygens (including phenoxy) is 2. The highest BCUT2D eigenvalue weighted by atomic mass is 32.2. The van der Waals surface area contributed by atoms with Crippen molar-refractivity contribution in [3.8, 4) is 11.5 Å². The molecule has 3 atom stereocenters. The Morgan fingerprint density at radius 2 is 1.68 bits per heavy atom. The van der Waals surface area contributed by atoms with Crippen molar-refractivity contribution in [2.45, 2.75) is 19.5 Å². The molecule has 1 N–H and O–H groups in total. The Balaban J connectivity index is 1.18. The first-order valence-electron chi connectivity index (χ1n) is 13.7. The number of anilines is 1. The summed E-state index contributed by atoms with van der Waals surface area (Å²) in [6, 6.07) is 12.4. The molecular weight excluding hydrogens is 540 g/mol. The summed E-state index contributed by atoms with van der Waals surface area (Å²) in [6.07, 6.45) is 11.0. The lowest BCUT2D eigenvalue weighted by atomic mass is 9.83. The Labute approximate surface area is 241 Å². The zero-order valence-corrected chi connectivity index (χ0v) is 24.4. The third kappa shape index (κ3) is 6.39. The van der Waals surface area contributed by atoms with Crippen LogP contribution >= 0.6 is 0 Å². The maximum Gasteiger partial charge on any atom is 0.258 e. The third-order valence-corrected chi connectivity index (χ3v) is 9.34. The quantitative estimate of drug-likeness (QED) is 0.508. The van der Waals surface area contributed by atoms with E-state index in [9.17, 15) is 13.2 Å². The lowest BCUT2D eigenvalue weighted by Crippen LogP contribution is -2.48. The van der Waals surface area contributed by atoms with Gasteiger partial charge in [-0.2, -0.15) is 0 Å². The average Bonchev–Trinajstić information content (AvgIpc) is 3.18. The summed E-state index contributed by atoms with van der Waals surface area (Å²) in [5.41, 5.74) is 2.06. The van der Waals surface area contributed by atoms with Gasteiger partial charge in [-0.15, -0.1) is 0 Å². The molecule has 10 heteroatoms. The van der Waals surface area contributed by atoms with E-state index in [1.807, 2.05) is 48.3 Å². The molecule has 2 heterocycles. The zero-order valence-electron chi connectivity index (χ0n) is 23.6. The summed E-state index contributed by atoms with van der Waals surface area (Å²) in [5, 5.41) is 0. The Bertz CT molecular complexity index is 1490. The summed E-state index contributed by atoms with van der Waals surface area (Å²) < 4.78 is 40.2. The second-order valence-corrected chi connectivity index (χ2v) is 12.1. The van der Waals surface area contributed by atoms with Crippen molar-refractivity contribution in [3.63, 3.8) is 0 Å². The van der Waals surface area contributed by atoms with Crippen molar-refractivity contribution in [2.75, 3.05) is 45.1 Å². The molecule has 1 fully saturated rings. The van der Waals surface area contributed by atoms with Crippen LogP contribution in [-0.2, 0) is 16.6 Å². The fourth-order valence-corrected chi connectivity index (χ4v) is 7.13. The van der Waals surface area contributed by atoms with Crippen molar-refractivity contribution in [1.82, 2.24) is 9.80 Å². The van der Waals surface area contributed by atoms with Gasteiger partial charge in [-0.1, -0.05) is 24.3 Å². The number of carbonyl (C=O) groups excluding carboxylic acids is 1. The van der Waals surface area contributed by atoms with Crippen LogP contribution in [0.2, 0.25) is 0 Å². The molecule has 5 rings (SSSR count). The minimum absolute atomic E-state index is 0.0384. The summed E-state index contributed by atoms with van der Waals surface area (Å²) in [7, 11) is -0.571. The molecule has 2 unspecified atom stereocenters. The first kappa shape index (κ1) is 28.6. The number of benzene rings is 2. The number of amides is 1. The molecule has 0 spiro atoms. The van der Waals surface area contributed by atoms with E-state index >= 15 is 0 Å². The number of carbonyl (C=O) groups is 1. The smallest absolute Gasteiger partial charge is 0.258 e. The number of fused-ring (bicyclic) bond motifs is 1. The average molecular weight is 577 g/mol. The molecule has 41 heavy (non-hydrogen) atoms. The van der Waals surface area contributed by atoms with Crippen molar-refractivity contribution in [2.24, 2.45) is 16.8 Å². The van der Waals surface area contributed by atoms with Gasteiger partial charge < -0.3 is 14.4 Å². The molecule has 1 saturated heterocycles. The van der Waals surface area contributed by atoms with E-state index in [2.05, 4.69) is 14.6 Å². The molecule has 2 aromatic rings. The number of aliphatic imine (C=N–C) groups is 1. The topological polar surface area (TPSA) is 101 Å². The first-order chi connectivity index (χ1) is 19.8.